The summed E-state index contributed by atoms with van der Waals surface area (Å²) in [6.07, 6.45) is 0. The number of nitrogens with one attached hydrogen (secondary N) is 1. The average Bonchev–Trinajstić information content (AvgIpc) is 3.10. The van der Waals surface area contributed by atoms with E-state index in [0.29, 0.717) is 23.7 Å². The maximum absolute atomic E-state index is 12.5. The van der Waals surface area contributed by atoms with Gasteiger partial charge in [-0.05, 0) is 37.6 Å². The number of carbonyl (C=O) groups excluding carboxylic acids is 1. The lowest BCUT2D eigenvalue weighted by atomic mass is 10.1. The minimum atomic E-state index is -0.314. The highest BCUT2D eigenvalue weighted by Gasteiger charge is 2.18. The lowest BCUT2D eigenvalue weighted by Crippen LogP contribution is -2.33. The van der Waals surface area contributed by atoms with Gasteiger partial charge in [0.1, 0.15) is 0 Å². The van der Waals surface area contributed by atoms with Crippen LogP contribution in [0.1, 0.15) is 35.8 Å². The van der Waals surface area contributed by atoms with Crippen molar-refractivity contribution in [1.82, 2.24) is 5.32 Å². The van der Waals surface area contributed by atoms with E-state index in [1.54, 1.807) is 18.2 Å². The molecule has 1 N–H and O–H groups in total. The molecule has 0 aliphatic carbocycles. The van der Waals surface area contributed by atoms with Gasteiger partial charge in [-0.2, -0.15) is 0 Å². The minimum Gasteiger partial charge on any atom is -0.465 e. The van der Waals surface area contributed by atoms with Crippen molar-refractivity contribution in [2.45, 2.75) is 19.9 Å². The molecule has 0 aromatic heterocycles. The Morgan fingerprint density at radius 2 is 1.96 bits per heavy atom. The van der Waals surface area contributed by atoms with Crippen molar-refractivity contribution in [3.8, 4) is 11.5 Å². The number of hydrogen-bond donors (Lipinski definition) is 1. The van der Waals surface area contributed by atoms with E-state index in [2.05, 4.69) is 10.3 Å². The second-order valence-corrected chi connectivity index (χ2v) is 5.48. The van der Waals surface area contributed by atoms with Gasteiger partial charge in [0.2, 0.25) is 6.79 Å². The van der Waals surface area contributed by atoms with Gasteiger partial charge in [-0.25, -0.2) is 4.99 Å². The van der Waals surface area contributed by atoms with Crippen LogP contribution < -0.4 is 14.8 Å². The molecule has 2 aromatic rings. The van der Waals surface area contributed by atoms with E-state index >= 15 is 0 Å². The molecule has 3 rings (SSSR count). The lowest BCUT2D eigenvalue weighted by molar-refractivity contribution is 0.0965. The maximum atomic E-state index is 12.5. The second-order valence-electron chi connectivity index (χ2n) is 5.48. The Kier molecular flexibility index (Phi) is 5.18. The highest BCUT2D eigenvalue weighted by molar-refractivity contribution is 6.04. The van der Waals surface area contributed by atoms with E-state index in [4.69, 9.17) is 14.2 Å². The Bertz CT molecular complexity index is 774. The highest BCUT2D eigenvalue weighted by atomic mass is 16.7. The monoisotopic (exact) mass is 340 g/mol. The number of fused-ring (bicyclic) bond motifs is 1. The Hall–Kier alpha value is -3.02. The van der Waals surface area contributed by atoms with Crippen LogP contribution in [0.5, 0.6) is 11.5 Å². The first-order valence-corrected chi connectivity index (χ1v) is 8.14. The van der Waals surface area contributed by atoms with Crippen LogP contribution >= 0.6 is 0 Å². The summed E-state index contributed by atoms with van der Waals surface area (Å²) in [6, 6.07) is 14.9. The van der Waals surface area contributed by atoms with Crippen LogP contribution in [0.15, 0.2) is 53.5 Å². The third kappa shape index (κ3) is 4.09. The van der Waals surface area contributed by atoms with Crippen molar-refractivity contribution in [3.05, 3.63) is 59.7 Å². The number of nitrogens with zero attached hydrogens (tertiary/aromatic N) is 1. The zero-order valence-electron chi connectivity index (χ0n) is 14.2. The zero-order valence-corrected chi connectivity index (χ0v) is 14.2. The SMILES string of the molecule is CCOC(=NC(C)c1ccccc1)NC(=O)c1ccc2c(c1)OCO2. The summed E-state index contributed by atoms with van der Waals surface area (Å²) in [4.78, 5) is 17.0. The molecule has 0 spiro atoms. The van der Waals surface area contributed by atoms with Crippen LogP contribution in [0.3, 0.4) is 0 Å². The molecule has 0 bridgehead atoms. The van der Waals surface area contributed by atoms with Crippen molar-refractivity contribution in [1.29, 1.82) is 0 Å². The lowest BCUT2D eigenvalue weighted by Gasteiger charge is -2.13. The van der Waals surface area contributed by atoms with Gasteiger partial charge in [0.25, 0.3) is 11.9 Å². The molecular formula is C19H20N2O4. The second kappa shape index (κ2) is 7.70. The number of aliphatic imine (C=N–C) groups is 1. The van der Waals surface area contributed by atoms with Gasteiger partial charge < -0.3 is 14.2 Å². The molecule has 25 heavy (non-hydrogen) atoms. The van der Waals surface area contributed by atoms with E-state index in [1.807, 2.05) is 44.2 Å². The summed E-state index contributed by atoms with van der Waals surface area (Å²) in [6.45, 7) is 4.36. The number of amidine groups is 1. The van der Waals surface area contributed by atoms with E-state index < -0.39 is 0 Å². The number of benzene rings is 2. The van der Waals surface area contributed by atoms with Crippen LogP contribution in [-0.2, 0) is 4.74 Å². The molecule has 6 nitrogen and oxygen atoms in total. The first-order valence-electron chi connectivity index (χ1n) is 8.14. The molecule has 1 aliphatic rings. The first-order chi connectivity index (χ1) is 12.2. The zero-order chi connectivity index (χ0) is 17.6. The van der Waals surface area contributed by atoms with Gasteiger partial charge in [0.15, 0.2) is 11.5 Å². The summed E-state index contributed by atoms with van der Waals surface area (Å²) in [5.41, 5.74) is 1.49. The number of carbonyl (C=O) groups is 1. The molecule has 1 heterocycles. The van der Waals surface area contributed by atoms with Gasteiger partial charge >= 0.3 is 0 Å². The van der Waals surface area contributed by atoms with Crippen molar-refractivity contribution < 1.29 is 19.0 Å². The average molecular weight is 340 g/mol. The number of amides is 1. The van der Waals surface area contributed by atoms with E-state index in [9.17, 15) is 4.79 Å². The fourth-order valence-corrected chi connectivity index (χ4v) is 2.43. The summed E-state index contributed by atoms with van der Waals surface area (Å²) >= 11 is 0. The minimum absolute atomic E-state index is 0.139. The Morgan fingerprint density at radius 3 is 2.72 bits per heavy atom. The van der Waals surface area contributed by atoms with Gasteiger partial charge in [-0.3, -0.25) is 10.1 Å². The number of rotatable bonds is 4. The predicted octanol–water partition coefficient (Wildman–Crippen LogP) is 3.30. The van der Waals surface area contributed by atoms with Crippen molar-refractivity contribution >= 4 is 11.9 Å². The number of hydrogen-bond acceptors (Lipinski definition) is 5. The molecule has 1 atom stereocenters. The molecule has 1 amide bonds. The van der Waals surface area contributed by atoms with Gasteiger partial charge in [0, 0.05) is 5.56 Å². The van der Waals surface area contributed by atoms with Crippen molar-refractivity contribution in [2.24, 2.45) is 4.99 Å². The van der Waals surface area contributed by atoms with Crippen molar-refractivity contribution in [2.75, 3.05) is 13.4 Å². The topological polar surface area (TPSA) is 69.2 Å². The van der Waals surface area contributed by atoms with Gasteiger partial charge in [-0.1, -0.05) is 30.3 Å². The predicted molar refractivity (Wildman–Crippen MR) is 93.9 cm³/mol. The summed E-state index contributed by atoms with van der Waals surface area (Å²) < 4.78 is 16.0. The molecule has 0 radical (unpaired) electrons. The number of ether oxygens (including phenoxy) is 3. The summed E-state index contributed by atoms with van der Waals surface area (Å²) in [5, 5.41) is 2.72. The summed E-state index contributed by atoms with van der Waals surface area (Å²) in [7, 11) is 0. The smallest absolute Gasteiger partial charge is 0.292 e. The van der Waals surface area contributed by atoms with E-state index in [1.165, 1.54) is 0 Å². The van der Waals surface area contributed by atoms with Gasteiger partial charge in [-0.15, -0.1) is 0 Å². The standard InChI is InChI=1S/C19H20N2O4/c1-3-23-19(20-13(2)14-7-5-4-6-8-14)21-18(22)15-9-10-16-17(11-15)25-12-24-16/h4-11,13H,3,12H2,1-2H3,(H,20,21,22). The molecule has 2 aromatic carbocycles. The van der Waals surface area contributed by atoms with Crippen LogP contribution in [0.4, 0.5) is 0 Å². The summed E-state index contributed by atoms with van der Waals surface area (Å²) in [5.74, 6) is 0.874. The van der Waals surface area contributed by atoms with Crippen LogP contribution in [-0.4, -0.2) is 25.3 Å². The Labute approximate surface area is 146 Å². The quantitative estimate of drug-likeness (QED) is 0.685. The normalized spacial score (nSPS) is 14.1. The van der Waals surface area contributed by atoms with Crippen molar-refractivity contribution in [3.63, 3.8) is 0 Å². The third-order valence-corrected chi connectivity index (χ3v) is 3.73. The van der Waals surface area contributed by atoms with E-state index in [-0.39, 0.29) is 24.8 Å². The largest absolute Gasteiger partial charge is 0.465 e. The molecule has 1 unspecified atom stereocenters. The molecule has 130 valence electrons. The molecule has 6 heteroatoms. The highest BCUT2D eigenvalue weighted by Crippen LogP contribution is 2.32. The molecule has 0 saturated heterocycles. The van der Waals surface area contributed by atoms with Crippen LogP contribution in [0, 0.1) is 0 Å². The maximum Gasteiger partial charge on any atom is 0.292 e. The van der Waals surface area contributed by atoms with Crippen LogP contribution in [0.2, 0.25) is 0 Å². The fraction of sp³-hybridized carbons (Fsp3) is 0.263. The first kappa shape index (κ1) is 16.8. The van der Waals surface area contributed by atoms with Crippen LogP contribution in [0.25, 0.3) is 0 Å². The van der Waals surface area contributed by atoms with E-state index in [0.717, 1.165) is 5.56 Å². The Balaban J connectivity index is 1.75. The molecule has 0 saturated carbocycles. The fourth-order valence-electron chi connectivity index (χ4n) is 2.43. The molecular weight excluding hydrogens is 320 g/mol. The molecule has 0 fully saturated rings. The third-order valence-electron chi connectivity index (χ3n) is 3.73. The van der Waals surface area contributed by atoms with Gasteiger partial charge in [0.05, 0.1) is 12.6 Å². The Morgan fingerprint density at radius 1 is 1.20 bits per heavy atom. The molecule has 1 aliphatic heterocycles.